The number of carbonyl (C=O) groups excluding carboxylic acids is 1. The molecule has 1 aromatic carbocycles. The van der Waals surface area contributed by atoms with Crippen molar-refractivity contribution in [3.63, 3.8) is 0 Å². The van der Waals surface area contributed by atoms with Crippen molar-refractivity contribution in [1.29, 1.82) is 0 Å². The van der Waals surface area contributed by atoms with Crippen molar-refractivity contribution in [2.45, 2.75) is 18.9 Å². The van der Waals surface area contributed by atoms with E-state index in [0.717, 1.165) is 10.4 Å². The summed E-state index contributed by atoms with van der Waals surface area (Å²) in [6.07, 6.45) is 1.91. The summed E-state index contributed by atoms with van der Waals surface area (Å²) >= 11 is 1.48. The first-order valence-electron chi connectivity index (χ1n) is 7.75. The first-order valence-corrected chi connectivity index (χ1v) is 8.63. The van der Waals surface area contributed by atoms with Crippen LogP contribution >= 0.6 is 11.3 Å². The Morgan fingerprint density at radius 3 is 2.72 bits per heavy atom. The Bertz CT molecular complexity index is 808. The molecule has 0 aliphatic heterocycles. The molecule has 0 radical (unpaired) electrons. The predicted octanol–water partition coefficient (Wildman–Crippen LogP) is 0.746. The van der Waals surface area contributed by atoms with Gasteiger partial charge in [-0.2, -0.15) is 0 Å². The van der Waals surface area contributed by atoms with Gasteiger partial charge in [0, 0.05) is 10.4 Å². The Hall–Kier alpha value is -2.49. The Morgan fingerprint density at radius 2 is 2.04 bits per heavy atom. The van der Waals surface area contributed by atoms with Crippen molar-refractivity contribution in [1.82, 2.24) is 20.3 Å². The molecule has 2 aromatic heterocycles. The normalized spacial score (nSPS) is 11.9. The molecule has 0 bridgehead atoms. The Kier molecular flexibility index (Phi) is 5.59. The highest BCUT2D eigenvalue weighted by Crippen LogP contribution is 2.15. The van der Waals surface area contributed by atoms with Gasteiger partial charge in [-0.3, -0.25) is 9.48 Å². The molecule has 0 fully saturated rings. The van der Waals surface area contributed by atoms with E-state index in [0.29, 0.717) is 5.69 Å². The zero-order valence-corrected chi connectivity index (χ0v) is 14.1. The molecule has 0 aliphatic rings. The molecule has 3 N–H and O–H groups in total. The van der Waals surface area contributed by atoms with Crippen LogP contribution in [0.4, 0.5) is 0 Å². The van der Waals surface area contributed by atoms with Crippen LogP contribution in [0.25, 0.3) is 11.3 Å². The summed E-state index contributed by atoms with van der Waals surface area (Å²) < 4.78 is 1.48. The van der Waals surface area contributed by atoms with Gasteiger partial charge < -0.3 is 15.4 Å². The number of nitrogens with zero attached hydrogens (tertiary/aromatic N) is 3. The quantitative estimate of drug-likeness (QED) is 0.543. The summed E-state index contributed by atoms with van der Waals surface area (Å²) in [6, 6.07) is 13.3. The summed E-state index contributed by atoms with van der Waals surface area (Å²) in [5.74, 6) is -1.15. The average Bonchev–Trinajstić information content (AvgIpc) is 3.27. The van der Waals surface area contributed by atoms with Crippen molar-refractivity contribution < 1.29 is 14.8 Å². The number of amides is 1. The van der Waals surface area contributed by atoms with Crippen LogP contribution in [0.15, 0.2) is 54.0 Å². The lowest BCUT2D eigenvalue weighted by Gasteiger charge is -2.17. The lowest BCUT2D eigenvalue weighted by Crippen LogP contribution is -2.49. The van der Waals surface area contributed by atoms with Crippen LogP contribution in [0.1, 0.15) is 4.88 Å². The second kappa shape index (κ2) is 8.06. The molecule has 0 aliphatic carbocycles. The first-order chi connectivity index (χ1) is 12.1. The average molecular weight is 356 g/mol. The van der Waals surface area contributed by atoms with E-state index in [9.17, 15) is 14.8 Å². The molecule has 2 heterocycles. The molecule has 1 amide bonds. The third kappa shape index (κ3) is 4.75. The minimum atomic E-state index is -1.70. The van der Waals surface area contributed by atoms with Crippen LogP contribution in [0.3, 0.4) is 0 Å². The second-order valence-electron chi connectivity index (χ2n) is 5.54. The molecule has 3 rings (SSSR count). The summed E-state index contributed by atoms with van der Waals surface area (Å²) in [7, 11) is -1.70. The number of aromatic nitrogens is 3. The number of carbonyl (C=O) groups is 1. The highest BCUT2D eigenvalue weighted by atomic mass is 32.1. The maximum absolute atomic E-state index is 12.1. The van der Waals surface area contributed by atoms with E-state index in [1.54, 1.807) is 6.20 Å². The fourth-order valence-electron chi connectivity index (χ4n) is 2.37. The number of hydrogen-bond donors (Lipinski definition) is 3. The van der Waals surface area contributed by atoms with Crippen LogP contribution in [0.2, 0.25) is 0 Å². The summed E-state index contributed by atoms with van der Waals surface area (Å²) in [6.45, 7) is 0.105. The van der Waals surface area contributed by atoms with Crippen LogP contribution < -0.4 is 5.32 Å². The monoisotopic (exact) mass is 356 g/mol. The molecule has 7 nitrogen and oxygen atoms in total. The highest BCUT2D eigenvalue weighted by molar-refractivity contribution is 7.10. The standard InChI is InChI=1S/C16H17BN4O3S/c22-16(9-13-7-4-8-25-13)18-15(17(23)24)11-21-10-14(19-20-21)12-5-2-1-3-6-12/h1-8,10,15,23-24H,9,11H2,(H,18,22). The van der Waals surface area contributed by atoms with Gasteiger partial charge in [-0.25, -0.2) is 0 Å². The van der Waals surface area contributed by atoms with Crippen LogP contribution in [0, 0.1) is 0 Å². The van der Waals surface area contributed by atoms with Gasteiger partial charge in [0.05, 0.1) is 25.1 Å². The SMILES string of the molecule is O=C(Cc1cccs1)NC(Cn1cc(-c2ccccc2)nn1)B(O)O. The zero-order chi connectivity index (χ0) is 17.6. The third-order valence-corrected chi connectivity index (χ3v) is 4.49. The van der Waals surface area contributed by atoms with E-state index in [4.69, 9.17) is 0 Å². The van der Waals surface area contributed by atoms with Gasteiger partial charge in [-0.1, -0.05) is 41.6 Å². The maximum atomic E-state index is 12.1. The van der Waals surface area contributed by atoms with Crippen molar-refractivity contribution in [3.05, 3.63) is 58.9 Å². The van der Waals surface area contributed by atoms with Gasteiger partial charge in [0.25, 0.3) is 0 Å². The molecule has 0 saturated heterocycles. The van der Waals surface area contributed by atoms with E-state index in [1.807, 2.05) is 47.8 Å². The molecule has 3 aromatic rings. The van der Waals surface area contributed by atoms with Crippen molar-refractivity contribution in [2.75, 3.05) is 0 Å². The van der Waals surface area contributed by atoms with E-state index in [1.165, 1.54) is 16.0 Å². The Morgan fingerprint density at radius 1 is 1.24 bits per heavy atom. The molecule has 9 heteroatoms. The summed E-state index contributed by atoms with van der Waals surface area (Å²) in [5, 5.41) is 31.7. The largest absolute Gasteiger partial charge is 0.477 e. The van der Waals surface area contributed by atoms with Crippen molar-refractivity contribution in [2.24, 2.45) is 0 Å². The Labute approximate surface area is 149 Å². The molecule has 1 atom stereocenters. The minimum absolute atomic E-state index is 0.105. The fraction of sp³-hybridized carbons (Fsp3) is 0.188. The zero-order valence-electron chi connectivity index (χ0n) is 13.3. The molecular weight excluding hydrogens is 339 g/mol. The lowest BCUT2D eigenvalue weighted by atomic mass is 9.79. The molecule has 0 spiro atoms. The van der Waals surface area contributed by atoms with E-state index in [-0.39, 0.29) is 18.9 Å². The Balaban J connectivity index is 1.64. The molecular formula is C16H17BN4O3S. The fourth-order valence-corrected chi connectivity index (χ4v) is 3.08. The lowest BCUT2D eigenvalue weighted by molar-refractivity contribution is -0.120. The van der Waals surface area contributed by atoms with Gasteiger partial charge in [0.1, 0.15) is 5.69 Å². The van der Waals surface area contributed by atoms with Crippen molar-refractivity contribution in [3.8, 4) is 11.3 Å². The van der Waals surface area contributed by atoms with Crippen LogP contribution in [0.5, 0.6) is 0 Å². The number of thiophene rings is 1. The maximum Gasteiger partial charge on any atom is 0.477 e. The van der Waals surface area contributed by atoms with E-state index < -0.39 is 13.1 Å². The minimum Gasteiger partial charge on any atom is -0.426 e. The first kappa shape index (κ1) is 17.3. The number of benzene rings is 1. The number of nitrogens with one attached hydrogen (secondary N) is 1. The smallest absolute Gasteiger partial charge is 0.426 e. The van der Waals surface area contributed by atoms with Gasteiger partial charge in [0.2, 0.25) is 5.91 Å². The topological polar surface area (TPSA) is 100 Å². The van der Waals surface area contributed by atoms with E-state index >= 15 is 0 Å². The number of rotatable bonds is 7. The van der Waals surface area contributed by atoms with Crippen LogP contribution in [-0.4, -0.2) is 44.0 Å². The van der Waals surface area contributed by atoms with Gasteiger partial charge in [0.15, 0.2) is 0 Å². The molecule has 0 saturated carbocycles. The summed E-state index contributed by atoms with van der Waals surface area (Å²) in [4.78, 5) is 13.0. The van der Waals surface area contributed by atoms with Gasteiger partial charge in [-0.15, -0.1) is 16.4 Å². The van der Waals surface area contributed by atoms with Crippen molar-refractivity contribution >= 4 is 24.4 Å². The van der Waals surface area contributed by atoms with Crippen LogP contribution in [-0.2, 0) is 17.8 Å². The number of hydrogen-bond acceptors (Lipinski definition) is 6. The highest BCUT2D eigenvalue weighted by Gasteiger charge is 2.26. The predicted molar refractivity (Wildman–Crippen MR) is 95.6 cm³/mol. The van der Waals surface area contributed by atoms with Gasteiger partial charge >= 0.3 is 7.12 Å². The second-order valence-corrected chi connectivity index (χ2v) is 6.57. The molecule has 25 heavy (non-hydrogen) atoms. The summed E-state index contributed by atoms with van der Waals surface area (Å²) in [5.41, 5.74) is 1.59. The van der Waals surface area contributed by atoms with E-state index in [2.05, 4.69) is 15.6 Å². The molecule has 128 valence electrons. The van der Waals surface area contributed by atoms with Gasteiger partial charge in [-0.05, 0) is 11.4 Å². The third-order valence-electron chi connectivity index (χ3n) is 3.61. The molecule has 1 unspecified atom stereocenters.